The maximum absolute atomic E-state index is 14.2. The van der Waals surface area contributed by atoms with E-state index in [0.717, 1.165) is 25.7 Å². The number of nitrogens with one attached hydrogen (secondary N) is 4. The zero-order valence-electron chi connectivity index (χ0n) is 25.7. The molecular formula is C31H45N7O6. The topological polar surface area (TPSA) is 180 Å². The minimum Gasteiger partial charge on any atom is -0.346 e. The van der Waals surface area contributed by atoms with Crippen LogP contribution in [-0.4, -0.2) is 87.9 Å². The van der Waals surface area contributed by atoms with E-state index in [1.807, 2.05) is 13.8 Å². The Kier molecular flexibility index (Phi) is 13.0. The van der Waals surface area contributed by atoms with Gasteiger partial charge in [0.05, 0.1) is 18.8 Å². The number of unbranched alkanes of at least 4 members (excludes halogenated alkanes) is 1. The van der Waals surface area contributed by atoms with Crippen LogP contribution >= 0.6 is 0 Å². The monoisotopic (exact) mass is 611 g/mol. The highest BCUT2D eigenvalue weighted by atomic mass is 16.2. The van der Waals surface area contributed by atoms with E-state index in [1.165, 1.54) is 29.6 Å². The molecule has 2 aliphatic rings. The van der Waals surface area contributed by atoms with Crippen LogP contribution in [0.2, 0.25) is 0 Å². The Hall–Kier alpha value is -4.16. The van der Waals surface area contributed by atoms with Crippen molar-refractivity contribution in [2.24, 2.45) is 5.41 Å². The molecule has 1 saturated heterocycles. The van der Waals surface area contributed by atoms with Crippen molar-refractivity contribution in [2.75, 3.05) is 19.6 Å². The van der Waals surface area contributed by atoms with Crippen molar-refractivity contribution < 1.29 is 28.8 Å². The Morgan fingerprint density at radius 2 is 1.82 bits per heavy atom. The molecule has 0 aromatic carbocycles. The summed E-state index contributed by atoms with van der Waals surface area (Å²) in [5, 5.41) is 10.6. The van der Waals surface area contributed by atoms with Crippen molar-refractivity contribution >= 4 is 35.3 Å². The van der Waals surface area contributed by atoms with E-state index in [1.54, 1.807) is 0 Å². The fourth-order valence-electron chi connectivity index (χ4n) is 5.89. The van der Waals surface area contributed by atoms with Crippen molar-refractivity contribution in [2.45, 2.75) is 96.2 Å². The lowest BCUT2D eigenvalue weighted by molar-refractivity contribution is -0.146. The number of amides is 5. The second-order valence-corrected chi connectivity index (χ2v) is 11.7. The summed E-state index contributed by atoms with van der Waals surface area (Å²) in [5.74, 6) is -3.53. The number of hydrogen-bond donors (Lipinski definition) is 4. The Bertz CT molecular complexity index is 1200. The SMILES string of the molecule is C=CCNC(=O)C(=O)C(CCCC)NC(=O)C1CCCN1C(=O)C(NC(=O)CNC(=O)c1cnccn1)C1(C)CCCCC1. The summed E-state index contributed by atoms with van der Waals surface area (Å²) in [5.41, 5.74) is -0.487. The molecule has 3 unspecified atom stereocenters. The van der Waals surface area contributed by atoms with Crippen LogP contribution in [0.5, 0.6) is 0 Å². The smallest absolute Gasteiger partial charge is 0.289 e. The molecule has 1 aliphatic carbocycles. The molecule has 1 aromatic rings. The third kappa shape index (κ3) is 9.17. The van der Waals surface area contributed by atoms with Gasteiger partial charge in [-0.3, -0.25) is 33.8 Å². The van der Waals surface area contributed by atoms with Gasteiger partial charge in [0, 0.05) is 25.5 Å². The predicted molar refractivity (Wildman–Crippen MR) is 162 cm³/mol. The first-order valence-corrected chi connectivity index (χ1v) is 15.5. The van der Waals surface area contributed by atoms with Crippen molar-refractivity contribution in [1.29, 1.82) is 0 Å². The average Bonchev–Trinajstić information content (AvgIpc) is 3.53. The molecule has 2 fully saturated rings. The maximum atomic E-state index is 14.2. The highest BCUT2D eigenvalue weighted by Crippen LogP contribution is 2.40. The fourth-order valence-corrected chi connectivity index (χ4v) is 5.89. The molecule has 1 aromatic heterocycles. The van der Waals surface area contributed by atoms with Gasteiger partial charge in [-0.25, -0.2) is 4.98 Å². The van der Waals surface area contributed by atoms with Gasteiger partial charge in [0.2, 0.25) is 23.5 Å². The zero-order valence-corrected chi connectivity index (χ0v) is 25.7. The first kappa shape index (κ1) is 34.3. The number of Topliss-reactive ketones (excluding diaryl/α,β-unsaturated/α-hetero) is 1. The number of ketones is 1. The molecule has 0 bridgehead atoms. The van der Waals surface area contributed by atoms with Gasteiger partial charge in [0.15, 0.2) is 0 Å². The molecule has 2 heterocycles. The molecule has 3 atom stereocenters. The number of carbonyl (C=O) groups is 6. The highest BCUT2D eigenvalue weighted by Gasteiger charge is 2.46. The largest absolute Gasteiger partial charge is 0.346 e. The van der Waals surface area contributed by atoms with Crippen LogP contribution in [0.3, 0.4) is 0 Å². The minimum absolute atomic E-state index is 0.0620. The molecule has 1 saturated carbocycles. The fraction of sp³-hybridized carbons (Fsp3) is 0.613. The molecule has 5 amide bonds. The first-order valence-electron chi connectivity index (χ1n) is 15.5. The van der Waals surface area contributed by atoms with Gasteiger partial charge in [0.1, 0.15) is 17.8 Å². The zero-order chi connectivity index (χ0) is 32.1. The summed E-state index contributed by atoms with van der Waals surface area (Å²) in [6.45, 7) is 7.52. The summed E-state index contributed by atoms with van der Waals surface area (Å²) in [4.78, 5) is 87.7. The van der Waals surface area contributed by atoms with Crippen molar-refractivity contribution in [3.8, 4) is 0 Å². The maximum Gasteiger partial charge on any atom is 0.289 e. The van der Waals surface area contributed by atoms with E-state index in [4.69, 9.17) is 0 Å². The van der Waals surface area contributed by atoms with E-state index in [0.29, 0.717) is 45.1 Å². The van der Waals surface area contributed by atoms with Gasteiger partial charge < -0.3 is 26.2 Å². The summed E-state index contributed by atoms with van der Waals surface area (Å²) in [7, 11) is 0. The predicted octanol–water partition coefficient (Wildman–Crippen LogP) is 1.20. The summed E-state index contributed by atoms with van der Waals surface area (Å²) < 4.78 is 0. The standard InChI is InChI=1S/C31H45N7O6/c1-4-6-11-21(25(40)29(43)34-15-5-2)36-28(42)23-12-10-18-38(23)30(44)26(31(3)13-8-7-9-14-31)37-24(39)20-35-27(41)22-19-32-16-17-33-22/h5,16-17,19,21,23,26H,2,4,6-15,18,20H2,1,3H3,(H,34,43)(H,35,41)(H,36,42)(H,37,39). The van der Waals surface area contributed by atoms with Gasteiger partial charge in [-0.1, -0.05) is 52.0 Å². The van der Waals surface area contributed by atoms with Gasteiger partial charge in [-0.15, -0.1) is 6.58 Å². The molecule has 4 N–H and O–H groups in total. The van der Waals surface area contributed by atoms with E-state index >= 15 is 0 Å². The molecule has 240 valence electrons. The number of likely N-dealkylation sites (tertiary alicyclic amines) is 1. The van der Waals surface area contributed by atoms with Crippen LogP contribution in [0.25, 0.3) is 0 Å². The van der Waals surface area contributed by atoms with Crippen LogP contribution in [0, 0.1) is 5.41 Å². The van der Waals surface area contributed by atoms with Crippen LogP contribution in [0.1, 0.15) is 88.5 Å². The van der Waals surface area contributed by atoms with Crippen LogP contribution < -0.4 is 21.3 Å². The lowest BCUT2D eigenvalue weighted by Crippen LogP contribution is -2.61. The summed E-state index contributed by atoms with van der Waals surface area (Å²) >= 11 is 0. The number of hydrogen-bond acceptors (Lipinski definition) is 8. The second kappa shape index (κ2) is 16.6. The van der Waals surface area contributed by atoms with Crippen LogP contribution in [-0.2, 0) is 24.0 Å². The molecule has 13 nitrogen and oxygen atoms in total. The average molecular weight is 612 g/mol. The van der Waals surface area contributed by atoms with E-state index in [9.17, 15) is 28.8 Å². The Labute approximate surface area is 258 Å². The molecular weight excluding hydrogens is 566 g/mol. The van der Waals surface area contributed by atoms with Crippen molar-refractivity contribution in [1.82, 2.24) is 36.1 Å². The lowest BCUT2D eigenvalue weighted by atomic mass is 9.70. The number of carbonyl (C=O) groups excluding carboxylic acids is 6. The van der Waals surface area contributed by atoms with E-state index in [-0.39, 0.29) is 24.7 Å². The van der Waals surface area contributed by atoms with Gasteiger partial charge >= 0.3 is 0 Å². The highest BCUT2D eigenvalue weighted by molar-refractivity contribution is 6.38. The lowest BCUT2D eigenvalue weighted by Gasteiger charge is -2.42. The van der Waals surface area contributed by atoms with Crippen LogP contribution in [0.4, 0.5) is 0 Å². The summed E-state index contributed by atoms with van der Waals surface area (Å²) in [6.07, 6.45) is 12.5. The Balaban J connectivity index is 1.74. The van der Waals surface area contributed by atoms with Crippen LogP contribution in [0.15, 0.2) is 31.2 Å². The molecule has 0 radical (unpaired) electrons. The third-order valence-corrected chi connectivity index (χ3v) is 8.40. The number of aromatic nitrogens is 2. The van der Waals surface area contributed by atoms with Crippen molar-refractivity contribution in [3.05, 3.63) is 36.9 Å². The van der Waals surface area contributed by atoms with E-state index in [2.05, 4.69) is 37.8 Å². The summed E-state index contributed by atoms with van der Waals surface area (Å²) in [6, 6.07) is -2.79. The number of nitrogens with zero attached hydrogens (tertiary/aromatic N) is 3. The van der Waals surface area contributed by atoms with Crippen molar-refractivity contribution in [3.63, 3.8) is 0 Å². The van der Waals surface area contributed by atoms with Gasteiger partial charge in [0.25, 0.3) is 11.8 Å². The minimum atomic E-state index is -1.02. The van der Waals surface area contributed by atoms with E-state index < -0.39 is 53.0 Å². The second-order valence-electron chi connectivity index (χ2n) is 11.7. The van der Waals surface area contributed by atoms with Gasteiger partial charge in [-0.2, -0.15) is 0 Å². The third-order valence-electron chi connectivity index (χ3n) is 8.40. The number of rotatable bonds is 15. The Morgan fingerprint density at radius 1 is 1.07 bits per heavy atom. The Morgan fingerprint density at radius 3 is 2.48 bits per heavy atom. The quantitative estimate of drug-likeness (QED) is 0.169. The van der Waals surface area contributed by atoms with Gasteiger partial charge in [-0.05, 0) is 37.5 Å². The molecule has 0 spiro atoms. The normalized spacial score (nSPS) is 18.8. The molecule has 13 heteroatoms. The molecule has 44 heavy (non-hydrogen) atoms. The molecule has 1 aliphatic heterocycles. The molecule has 3 rings (SSSR count). The first-order chi connectivity index (χ1) is 21.1.